The summed E-state index contributed by atoms with van der Waals surface area (Å²) in [5.41, 5.74) is 6.99. The Bertz CT molecular complexity index is 1070. The molecule has 0 saturated heterocycles. The Balaban J connectivity index is 1.66. The Kier molecular flexibility index (Phi) is 4.68. The van der Waals surface area contributed by atoms with E-state index >= 15 is 0 Å². The smallest absolute Gasteiger partial charge is 0.141 e. The first-order chi connectivity index (χ1) is 13.1. The molecule has 0 bridgehead atoms. The molecule has 0 spiro atoms. The van der Waals surface area contributed by atoms with Gasteiger partial charge in [0.2, 0.25) is 0 Å². The van der Waals surface area contributed by atoms with Crippen molar-refractivity contribution in [2.45, 2.75) is 27.3 Å². The van der Waals surface area contributed by atoms with Gasteiger partial charge in [0.1, 0.15) is 18.2 Å². The quantitative estimate of drug-likeness (QED) is 0.458. The summed E-state index contributed by atoms with van der Waals surface area (Å²) in [5.74, 6) is 1.92. The standard InChI is InChI=1S/C24H24N2O/c1-17-14-18(2)16-20(15-17)27-13-12-26-23-11-7-6-10-22(23)25-24(26)21-9-5-4-8-19(21)3/h4-11,14-16H,12-13H2,1-3H3. The van der Waals surface area contributed by atoms with Gasteiger partial charge in [-0.15, -0.1) is 0 Å². The molecule has 1 heterocycles. The van der Waals surface area contributed by atoms with Crippen molar-refractivity contribution in [1.29, 1.82) is 0 Å². The lowest BCUT2D eigenvalue weighted by atomic mass is 10.1. The highest BCUT2D eigenvalue weighted by Crippen LogP contribution is 2.27. The van der Waals surface area contributed by atoms with E-state index in [1.807, 2.05) is 6.07 Å². The van der Waals surface area contributed by atoms with E-state index in [1.165, 1.54) is 22.3 Å². The molecule has 3 heteroatoms. The monoisotopic (exact) mass is 356 g/mol. The molecule has 3 aromatic carbocycles. The van der Waals surface area contributed by atoms with Crippen molar-refractivity contribution in [3.8, 4) is 17.1 Å². The first-order valence-corrected chi connectivity index (χ1v) is 9.34. The number of nitrogens with zero attached hydrogens (tertiary/aromatic N) is 2. The van der Waals surface area contributed by atoms with Crippen molar-refractivity contribution < 1.29 is 4.74 Å². The van der Waals surface area contributed by atoms with Crippen molar-refractivity contribution in [2.75, 3.05) is 6.61 Å². The van der Waals surface area contributed by atoms with Gasteiger partial charge in [-0.25, -0.2) is 4.98 Å². The number of para-hydroxylation sites is 2. The molecule has 0 aliphatic heterocycles. The van der Waals surface area contributed by atoms with Crippen LogP contribution < -0.4 is 4.74 Å². The number of aryl methyl sites for hydroxylation is 3. The van der Waals surface area contributed by atoms with E-state index in [0.717, 1.165) is 29.2 Å². The van der Waals surface area contributed by atoms with Gasteiger partial charge in [-0.3, -0.25) is 0 Å². The molecule has 27 heavy (non-hydrogen) atoms. The number of benzene rings is 3. The van der Waals surface area contributed by atoms with E-state index in [-0.39, 0.29) is 0 Å². The Hall–Kier alpha value is -3.07. The highest BCUT2D eigenvalue weighted by atomic mass is 16.5. The van der Waals surface area contributed by atoms with Gasteiger partial charge in [0.15, 0.2) is 0 Å². The van der Waals surface area contributed by atoms with Crippen LogP contribution in [0.15, 0.2) is 66.7 Å². The Morgan fingerprint density at radius 3 is 2.33 bits per heavy atom. The van der Waals surface area contributed by atoms with E-state index < -0.39 is 0 Å². The summed E-state index contributed by atoms with van der Waals surface area (Å²) in [6.45, 7) is 7.67. The molecule has 0 unspecified atom stereocenters. The fourth-order valence-corrected chi connectivity index (χ4v) is 3.60. The van der Waals surface area contributed by atoms with Gasteiger partial charge in [-0.2, -0.15) is 0 Å². The highest BCUT2D eigenvalue weighted by Gasteiger charge is 2.14. The Morgan fingerprint density at radius 1 is 0.852 bits per heavy atom. The normalized spacial score (nSPS) is 11.1. The maximum atomic E-state index is 6.06. The third kappa shape index (κ3) is 3.59. The zero-order chi connectivity index (χ0) is 18.8. The molecule has 4 aromatic rings. The van der Waals surface area contributed by atoms with Crippen LogP contribution in [0.5, 0.6) is 5.75 Å². The average Bonchev–Trinajstić information content (AvgIpc) is 3.00. The average molecular weight is 356 g/mol. The van der Waals surface area contributed by atoms with Crippen molar-refractivity contribution in [1.82, 2.24) is 9.55 Å². The zero-order valence-corrected chi connectivity index (χ0v) is 16.1. The number of fused-ring (bicyclic) bond motifs is 1. The van der Waals surface area contributed by atoms with Crippen LogP contribution >= 0.6 is 0 Å². The van der Waals surface area contributed by atoms with Crippen LogP contribution in [-0.4, -0.2) is 16.2 Å². The maximum absolute atomic E-state index is 6.06. The van der Waals surface area contributed by atoms with Gasteiger partial charge in [0.25, 0.3) is 0 Å². The molecule has 0 amide bonds. The summed E-state index contributed by atoms with van der Waals surface area (Å²) in [5, 5.41) is 0. The first kappa shape index (κ1) is 17.3. The summed E-state index contributed by atoms with van der Waals surface area (Å²) >= 11 is 0. The lowest BCUT2D eigenvalue weighted by Gasteiger charge is -2.13. The number of hydrogen-bond donors (Lipinski definition) is 0. The third-order valence-electron chi connectivity index (χ3n) is 4.82. The van der Waals surface area contributed by atoms with Crippen LogP contribution in [0.3, 0.4) is 0 Å². The molecule has 0 aliphatic rings. The zero-order valence-electron chi connectivity index (χ0n) is 16.1. The summed E-state index contributed by atoms with van der Waals surface area (Å²) in [4.78, 5) is 4.91. The van der Waals surface area contributed by atoms with Gasteiger partial charge < -0.3 is 9.30 Å². The van der Waals surface area contributed by atoms with Gasteiger partial charge in [-0.05, 0) is 61.7 Å². The summed E-state index contributed by atoms with van der Waals surface area (Å²) < 4.78 is 8.33. The largest absolute Gasteiger partial charge is 0.492 e. The molecule has 0 fully saturated rings. The molecule has 4 rings (SSSR count). The maximum Gasteiger partial charge on any atom is 0.141 e. The van der Waals surface area contributed by atoms with Crippen LogP contribution in [0, 0.1) is 20.8 Å². The van der Waals surface area contributed by atoms with Crippen LogP contribution in [-0.2, 0) is 6.54 Å². The van der Waals surface area contributed by atoms with E-state index in [0.29, 0.717) is 6.61 Å². The Labute approximate surface area is 160 Å². The number of ether oxygens (including phenoxy) is 1. The van der Waals surface area contributed by atoms with Crippen molar-refractivity contribution in [2.24, 2.45) is 0 Å². The number of aromatic nitrogens is 2. The summed E-state index contributed by atoms with van der Waals surface area (Å²) in [6, 6.07) is 23.0. The molecular weight excluding hydrogens is 332 g/mol. The minimum Gasteiger partial charge on any atom is -0.492 e. The van der Waals surface area contributed by atoms with Crippen LogP contribution in [0.1, 0.15) is 16.7 Å². The second kappa shape index (κ2) is 7.28. The van der Waals surface area contributed by atoms with Crippen LogP contribution in [0.25, 0.3) is 22.4 Å². The molecule has 0 saturated carbocycles. The van der Waals surface area contributed by atoms with Gasteiger partial charge in [-0.1, -0.05) is 42.5 Å². The molecule has 0 atom stereocenters. The molecule has 1 aromatic heterocycles. The van der Waals surface area contributed by atoms with Crippen molar-refractivity contribution >= 4 is 11.0 Å². The van der Waals surface area contributed by atoms with Gasteiger partial charge in [0.05, 0.1) is 17.6 Å². The second-order valence-corrected chi connectivity index (χ2v) is 7.06. The first-order valence-electron chi connectivity index (χ1n) is 9.34. The minimum absolute atomic E-state index is 0.599. The van der Waals surface area contributed by atoms with E-state index in [2.05, 4.69) is 86.0 Å². The number of imidazole rings is 1. The SMILES string of the molecule is Cc1cc(C)cc(OCCn2c(-c3ccccc3C)nc3ccccc32)c1. The molecular formula is C24H24N2O. The third-order valence-corrected chi connectivity index (χ3v) is 4.82. The molecule has 0 aliphatic carbocycles. The summed E-state index contributed by atoms with van der Waals surface area (Å²) in [6.07, 6.45) is 0. The van der Waals surface area contributed by atoms with E-state index in [9.17, 15) is 0 Å². The number of hydrogen-bond acceptors (Lipinski definition) is 2. The van der Waals surface area contributed by atoms with Crippen molar-refractivity contribution in [3.63, 3.8) is 0 Å². The summed E-state index contributed by atoms with van der Waals surface area (Å²) in [7, 11) is 0. The van der Waals surface area contributed by atoms with E-state index in [1.54, 1.807) is 0 Å². The van der Waals surface area contributed by atoms with Gasteiger partial charge in [0, 0.05) is 5.56 Å². The van der Waals surface area contributed by atoms with E-state index in [4.69, 9.17) is 9.72 Å². The topological polar surface area (TPSA) is 27.1 Å². The second-order valence-electron chi connectivity index (χ2n) is 7.06. The minimum atomic E-state index is 0.599. The predicted octanol–water partition coefficient (Wildman–Crippen LogP) is 5.71. The fourth-order valence-electron chi connectivity index (χ4n) is 3.60. The highest BCUT2D eigenvalue weighted by molar-refractivity contribution is 5.81. The lowest BCUT2D eigenvalue weighted by Crippen LogP contribution is -2.10. The molecule has 3 nitrogen and oxygen atoms in total. The molecule has 0 N–H and O–H groups in total. The number of rotatable bonds is 5. The molecule has 136 valence electrons. The lowest BCUT2D eigenvalue weighted by molar-refractivity contribution is 0.300. The van der Waals surface area contributed by atoms with Crippen LogP contribution in [0.4, 0.5) is 0 Å². The molecule has 0 radical (unpaired) electrons. The fraction of sp³-hybridized carbons (Fsp3) is 0.208. The van der Waals surface area contributed by atoms with Crippen molar-refractivity contribution in [3.05, 3.63) is 83.4 Å². The van der Waals surface area contributed by atoms with Gasteiger partial charge >= 0.3 is 0 Å². The predicted molar refractivity (Wildman–Crippen MR) is 111 cm³/mol. The Morgan fingerprint density at radius 2 is 1.56 bits per heavy atom. The van der Waals surface area contributed by atoms with Crippen LogP contribution in [0.2, 0.25) is 0 Å².